The molecule has 1 N–H and O–H groups in total. The zero-order chi connectivity index (χ0) is 21.3. The summed E-state index contributed by atoms with van der Waals surface area (Å²) < 4.78 is 44.3. The van der Waals surface area contributed by atoms with E-state index in [1.807, 2.05) is 19.2 Å². The van der Waals surface area contributed by atoms with Crippen LogP contribution >= 0.6 is 0 Å². The van der Waals surface area contributed by atoms with Crippen LogP contribution in [-0.2, 0) is 17.5 Å². The Morgan fingerprint density at radius 1 is 1.23 bits per heavy atom. The lowest BCUT2D eigenvalue weighted by atomic mass is 10.1. The molecule has 1 unspecified atom stereocenters. The number of halogens is 3. The number of benzene rings is 1. The van der Waals surface area contributed by atoms with Crippen LogP contribution in [0.4, 0.5) is 24.7 Å². The molecule has 4 rings (SSSR count). The summed E-state index contributed by atoms with van der Waals surface area (Å²) in [6, 6.07) is 7.24. The first kappa shape index (κ1) is 20.3. The lowest BCUT2D eigenvalue weighted by molar-refractivity contribution is -0.137. The van der Waals surface area contributed by atoms with Gasteiger partial charge in [0.05, 0.1) is 34.8 Å². The molecule has 0 saturated carbocycles. The molecule has 9 heteroatoms. The number of hydrogen-bond donors (Lipinski definition) is 1. The summed E-state index contributed by atoms with van der Waals surface area (Å²) in [5, 5.41) is 12.3. The van der Waals surface area contributed by atoms with E-state index >= 15 is 0 Å². The van der Waals surface area contributed by atoms with Gasteiger partial charge in [0.1, 0.15) is 0 Å². The van der Waals surface area contributed by atoms with Crippen LogP contribution in [0, 0.1) is 6.92 Å². The number of anilines is 2. The monoisotopic (exact) mass is 417 g/mol. The van der Waals surface area contributed by atoms with Gasteiger partial charge >= 0.3 is 6.18 Å². The Kier molecular flexibility index (Phi) is 5.46. The summed E-state index contributed by atoms with van der Waals surface area (Å²) in [5.41, 5.74) is 2.19. The maximum Gasteiger partial charge on any atom is 0.416 e. The van der Waals surface area contributed by atoms with Gasteiger partial charge in [0.25, 0.3) is 0 Å². The van der Waals surface area contributed by atoms with Gasteiger partial charge in [0.2, 0.25) is 0 Å². The molecule has 3 heterocycles. The molecule has 0 radical (unpaired) electrons. The molecule has 2 aromatic heterocycles. The minimum atomic E-state index is -4.37. The lowest BCUT2D eigenvalue weighted by Crippen LogP contribution is -2.22. The predicted octanol–water partition coefficient (Wildman–Crippen LogP) is 4.19. The summed E-state index contributed by atoms with van der Waals surface area (Å²) in [6.07, 6.45) is -1.42. The number of nitrogens with one attached hydrogen (secondary N) is 1. The number of aromatic nitrogens is 3. The van der Waals surface area contributed by atoms with Crippen molar-refractivity contribution in [3.05, 3.63) is 53.3 Å². The van der Waals surface area contributed by atoms with Crippen molar-refractivity contribution in [3.63, 3.8) is 0 Å². The van der Waals surface area contributed by atoms with Gasteiger partial charge in [-0.25, -0.2) is 0 Å². The topological polar surface area (TPSA) is 63.2 Å². The smallest absolute Gasteiger partial charge is 0.380 e. The van der Waals surface area contributed by atoms with E-state index in [1.54, 1.807) is 13.2 Å². The van der Waals surface area contributed by atoms with Gasteiger partial charge in [-0.05, 0) is 37.1 Å². The van der Waals surface area contributed by atoms with Gasteiger partial charge in [-0.15, -0.1) is 5.10 Å². The molecule has 1 aromatic carbocycles. The number of alkyl halides is 3. The quantitative estimate of drug-likeness (QED) is 0.672. The molecule has 3 aromatic rings. The van der Waals surface area contributed by atoms with Gasteiger partial charge in [0, 0.05) is 32.1 Å². The molecule has 1 aliphatic rings. The molecule has 1 fully saturated rings. The molecule has 0 bridgehead atoms. The van der Waals surface area contributed by atoms with Crippen molar-refractivity contribution in [1.29, 1.82) is 0 Å². The third kappa shape index (κ3) is 4.16. The van der Waals surface area contributed by atoms with Crippen molar-refractivity contribution in [2.24, 2.45) is 0 Å². The van der Waals surface area contributed by atoms with E-state index in [0.717, 1.165) is 42.7 Å². The molecule has 0 spiro atoms. The molecule has 1 saturated heterocycles. The van der Waals surface area contributed by atoms with E-state index in [0.29, 0.717) is 22.6 Å². The van der Waals surface area contributed by atoms with E-state index < -0.39 is 11.7 Å². The number of hydrogen-bond acceptors (Lipinski definition) is 6. The Balaban J connectivity index is 1.61. The molecule has 1 atom stereocenters. The zero-order valence-electron chi connectivity index (χ0n) is 16.7. The highest BCUT2D eigenvalue weighted by molar-refractivity contribution is 5.92. The molecule has 0 aliphatic carbocycles. The van der Waals surface area contributed by atoms with Crippen LogP contribution in [0.15, 0.2) is 36.5 Å². The maximum atomic E-state index is 13.0. The van der Waals surface area contributed by atoms with Crippen LogP contribution in [-0.4, -0.2) is 41.5 Å². The number of rotatable bonds is 5. The van der Waals surface area contributed by atoms with Crippen molar-refractivity contribution in [3.8, 4) is 0 Å². The van der Waals surface area contributed by atoms with Crippen LogP contribution in [0.1, 0.15) is 23.2 Å². The van der Waals surface area contributed by atoms with E-state index in [4.69, 9.17) is 4.74 Å². The third-order valence-corrected chi connectivity index (χ3v) is 5.33. The second-order valence-corrected chi connectivity index (χ2v) is 7.37. The van der Waals surface area contributed by atoms with Gasteiger partial charge < -0.3 is 15.0 Å². The van der Waals surface area contributed by atoms with Crippen molar-refractivity contribution >= 4 is 22.4 Å². The maximum absolute atomic E-state index is 13.0. The zero-order valence-corrected chi connectivity index (χ0v) is 16.7. The standard InChI is InChI=1S/C21H22F3N5O/c1-13-19-18(9-16(11-25-19)29-7-6-17(12-29)30-2)20(28-27-13)26-10-14-4-3-5-15(8-14)21(22,23)24/h3-5,8-9,11,17H,6-7,10,12H2,1-2H3,(H,26,28). The van der Waals surface area contributed by atoms with E-state index in [1.165, 1.54) is 6.07 Å². The highest BCUT2D eigenvalue weighted by atomic mass is 19.4. The molecule has 0 amide bonds. The second kappa shape index (κ2) is 8.06. The summed E-state index contributed by atoms with van der Waals surface area (Å²) >= 11 is 0. The molecule has 6 nitrogen and oxygen atoms in total. The molecule has 1 aliphatic heterocycles. The van der Waals surface area contributed by atoms with E-state index in [2.05, 4.69) is 25.4 Å². The van der Waals surface area contributed by atoms with Gasteiger partial charge in [-0.2, -0.15) is 18.3 Å². The van der Waals surface area contributed by atoms with Crippen LogP contribution < -0.4 is 10.2 Å². The fourth-order valence-electron chi connectivity index (χ4n) is 3.65. The third-order valence-electron chi connectivity index (χ3n) is 5.33. The largest absolute Gasteiger partial charge is 0.416 e. The summed E-state index contributed by atoms with van der Waals surface area (Å²) in [6.45, 7) is 3.68. The molecule has 30 heavy (non-hydrogen) atoms. The Bertz CT molecular complexity index is 1060. The van der Waals surface area contributed by atoms with E-state index in [-0.39, 0.29) is 12.6 Å². The first-order valence-corrected chi connectivity index (χ1v) is 9.66. The lowest BCUT2D eigenvalue weighted by Gasteiger charge is -2.19. The normalized spacial score (nSPS) is 17.0. The average Bonchev–Trinajstić information content (AvgIpc) is 3.22. The summed E-state index contributed by atoms with van der Waals surface area (Å²) in [5.74, 6) is 0.491. The Morgan fingerprint density at radius 3 is 2.80 bits per heavy atom. The van der Waals surface area contributed by atoms with Crippen molar-refractivity contribution < 1.29 is 17.9 Å². The molecular formula is C21H22F3N5O. The highest BCUT2D eigenvalue weighted by Gasteiger charge is 2.30. The highest BCUT2D eigenvalue weighted by Crippen LogP contribution is 2.31. The molecular weight excluding hydrogens is 395 g/mol. The SMILES string of the molecule is COC1CCN(c2cnc3c(C)nnc(NCc4cccc(C(F)(F)F)c4)c3c2)C1. The summed E-state index contributed by atoms with van der Waals surface area (Å²) in [7, 11) is 1.71. The van der Waals surface area contributed by atoms with Gasteiger partial charge in [-0.3, -0.25) is 4.98 Å². The Morgan fingerprint density at radius 2 is 2.07 bits per heavy atom. The fraction of sp³-hybridized carbons (Fsp3) is 0.381. The number of methoxy groups -OCH3 is 1. The minimum Gasteiger partial charge on any atom is -0.380 e. The number of ether oxygens (including phenoxy) is 1. The predicted molar refractivity (Wildman–Crippen MR) is 108 cm³/mol. The van der Waals surface area contributed by atoms with Crippen LogP contribution in [0.2, 0.25) is 0 Å². The number of pyridine rings is 1. The average molecular weight is 417 g/mol. The van der Waals surface area contributed by atoms with Gasteiger partial charge in [-0.1, -0.05) is 12.1 Å². The second-order valence-electron chi connectivity index (χ2n) is 7.37. The Labute approximate surface area is 172 Å². The fourth-order valence-corrected chi connectivity index (χ4v) is 3.65. The number of fused-ring (bicyclic) bond motifs is 1. The molecule has 158 valence electrons. The number of nitrogens with zero attached hydrogens (tertiary/aromatic N) is 4. The van der Waals surface area contributed by atoms with Crippen LogP contribution in [0.25, 0.3) is 10.9 Å². The minimum absolute atomic E-state index is 0.191. The first-order valence-electron chi connectivity index (χ1n) is 9.66. The van der Waals surface area contributed by atoms with Crippen molar-refractivity contribution in [2.45, 2.75) is 32.2 Å². The first-order chi connectivity index (χ1) is 14.3. The van der Waals surface area contributed by atoms with Gasteiger partial charge in [0.15, 0.2) is 5.82 Å². The van der Waals surface area contributed by atoms with Crippen molar-refractivity contribution in [1.82, 2.24) is 15.2 Å². The summed E-state index contributed by atoms with van der Waals surface area (Å²) in [4.78, 5) is 6.77. The number of aryl methyl sites for hydroxylation is 1. The van der Waals surface area contributed by atoms with E-state index in [9.17, 15) is 13.2 Å². The Hall–Kier alpha value is -2.94. The van der Waals surface area contributed by atoms with Crippen LogP contribution in [0.5, 0.6) is 0 Å². The van der Waals surface area contributed by atoms with Crippen LogP contribution in [0.3, 0.4) is 0 Å². The van der Waals surface area contributed by atoms with Crippen molar-refractivity contribution in [2.75, 3.05) is 30.4 Å².